The average Bonchev–Trinajstić information content (AvgIpc) is 2.25. The summed E-state index contributed by atoms with van der Waals surface area (Å²) >= 11 is -0.382. The van der Waals surface area contributed by atoms with Gasteiger partial charge in [0.25, 0.3) is 0 Å². The summed E-state index contributed by atoms with van der Waals surface area (Å²) in [6.07, 6.45) is 6.90. The van der Waals surface area contributed by atoms with Crippen molar-refractivity contribution in [3.63, 3.8) is 0 Å². The second-order valence-corrected chi connectivity index (χ2v) is 6.86. The van der Waals surface area contributed by atoms with Crippen LogP contribution in [0.3, 0.4) is 0 Å². The number of hydrogen-bond acceptors (Lipinski definition) is 1. The Labute approximate surface area is 102 Å². The van der Waals surface area contributed by atoms with E-state index in [0.29, 0.717) is 3.79 Å². The first-order valence-electron chi connectivity index (χ1n) is 5.62. The molecule has 1 aliphatic rings. The zero-order valence-corrected chi connectivity index (χ0v) is 11.0. The van der Waals surface area contributed by atoms with Crippen LogP contribution >= 0.6 is 0 Å². The van der Waals surface area contributed by atoms with Gasteiger partial charge in [0.05, 0.1) is 0 Å². The number of benzene rings is 1. The predicted molar refractivity (Wildman–Crippen MR) is 56.9 cm³/mol. The molecule has 1 heterocycles. The third-order valence-corrected chi connectivity index (χ3v) is 5.51. The topological polar surface area (TPSA) is 17.1 Å². The van der Waals surface area contributed by atoms with Crippen LogP contribution in [-0.2, 0) is 11.2 Å². The van der Waals surface area contributed by atoms with Crippen molar-refractivity contribution in [3.8, 4) is 0 Å². The first kappa shape index (κ1) is 11.1. The maximum atomic E-state index is 11.7. The molecule has 1 aliphatic heterocycles. The van der Waals surface area contributed by atoms with Crippen molar-refractivity contribution in [3.05, 3.63) is 33.4 Å². The molecular weight excluding hydrogens is 299 g/mol. The van der Waals surface area contributed by atoms with E-state index < -0.39 is 0 Å². The zero-order chi connectivity index (χ0) is 10.5. The molecule has 0 bridgehead atoms. The molecule has 0 saturated carbocycles. The number of aryl methyl sites for hydroxylation is 1. The van der Waals surface area contributed by atoms with Crippen LogP contribution in [0.4, 0.5) is 0 Å². The van der Waals surface area contributed by atoms with E-state index in [2.05, 4.69) is 24.3 Å². The van der Waals surface area contributed by atoms with E-state index in [1.165, 1.54) is 34.8 Å². The molecule has 1 nitrogen and oxygen atoms in total. The molecule has 0 saturated heterocycles. The van der Waals surface area contributed by atoms with E-state index >= 15 is 0 Å². The van der Waals surface area contributed by atoms with Crippen molar-refractivity contribution in [2.75, 3.05) is 0 Å². The van der Waals surface area contributed by atoms with E-state index in [-0.39, 0.29) is 21.2 Å². The molecule has 1 aromatic rings. The van der Waals surface area contributed by atoms with Gasteiger partial charge in [-0.15, -0.1) is 0 Å². The van der Waals surface area contributed by atoms with Crippen LogP contribution in [0.5, 0.6) is 0 Å². The third-order valence-electron chi connectivity index (χ3n) is 2.73. The molecule has 0 radical (unpaired) electrons. The van der Waals surface area contributed by atoms with E-state index in [1.54, 1.807) is 0 Å². The molecule has 0 unspecified atom stereocenters. The molecule has 1 aromatic carbocycles. The van der Waals surface area contributed by atoms with Crippen LogP contribution < -0.4 is 21.2 Å². The molecule has 0 atom stereocenters. The Morgan fingerprint density at radius 3 is 2.53 bits per heavy atom. The van der Waals surface area contributed by atoms with Gasteiger partial charge in [-0.05, 0) is 0 Å². The standard InChI is InChI=1S/C13H16IO/c15-13-10-4-2-1-3-7-11-8-5-6-9-12(11)14-13/h5-6,8-9H,1-4,7,10H2/q-1. The number of halogens is 1. The van der Waals surface area contributed by atoms with Gasteiger partial charge in [-0.3, -0.25) is 0 Å². The summed E-state index contributed by atoms with van der Waals surface area (Å²) in [7, 11) is 0. The minimum atomic E-state index is -0.382. The number of fused-ring (bicyclic) bond motifs is 1. The van der Waals surface area contributed by atoms with Crippen LogP contribution in [0.1, 0.15) is 37.7 Å². The van der Waals surface area contributed by atoms with Crippen molar-refractivity contribution in [1.82, 2.24) is 0 Å². The predicted octanol–water partition coefficient (Wildman–Crippen LogP) is -0.0216. The molecule has 0 aliphatic carbocycles. The van der Waals surface area contributed by atoms with Crippen LogP contribution in [0.2, 0.25) is 0 Å². The van der Waals surface area contributed by atoms with Crippen LogP contribution in [0, 0.1) is 3.57 Å². The monoisotopic (exact) mass is 315 g/mol. The van der Waals surface area contributed by atoms with Gasteiger partial charge in [-0.2, -0.15) is 0 Å². The number of hydrogen-bond donors (Lipinski definition) is 0. The van der Waals surface area contributed by atoms with E-state index in [0.717, 1.165) is 12.8 Å². The minimum absolute atomic E-state index is 0.382. The molecule has 15 heavy (non-hydrogen) atoms. The van der Waals surface area contributed by atoms with Crippen LogP contribution in [0.25, 0.3) is 0 Å². The second-order valence-electron chi connectivity index (χ2n) is 3.96. The van der Waals surface area contributed by atoms with Gasteiger partial charge in [0, 0.05) is 0 Å². The van der Waals surface area contributed by atoms with Crippen molar-refractivity contribution in [1.29, 1.82) is 0 Å². The van der Waals surface area contributed by atoms with Gasteiger partial charge in [-0.1, -0.05) is 0 Å². The number of rotatable bonds is 0. The first-order valence-corrected chi connectivity index (χ1v) is 7.77. The fourth-order valence-corrected chi connectivity index (χ4v) is 4.37. The van der Waals surface area contributed by atoms with Gasteiger partial charge < -0.3 is 0 Å². The summed E-state index contributed by atoms with van der Waals surface area (Å²) in [4.78, 5) is 11.7. The fourth-order valence-electron chi connectivity index (χ4n) is 1.89. The number of carbonyl (C=O) groups is 1. The summed E-state index contributed by atoms with van der Waals surface area (Å²) in [5, 5.41) is 0. The van der Waals surface area contributed by atoms with Crippen molar-refractivity contribution < 1.29 is 26.0 Å². The Kier molecular flexibility index (Phi) is 4.18. The molecule has 2 heteroatoms. The third kappa shape index (κ3) is 3.30. The maximum absolute atomic E-state index is 11.7. The van der Waals surface area contributed by atoms with Gasteiger partial charge in [0.2, 0.25) is 0 Å². The second kappa shape index (κ2) is 5.64. The van der Waals surface area contributed by atoms with Crippen molar-refractivity contribution in [2.45, 2.75) is 38.5 Å². The molecule has 0 N–H and O–H groups in total. The normalized spacial score (nSPS) is 18.8. The van der Waals surface area contributed by atoms with Gasteiger partial charge in [-0.25, -0.2) is 0 Å². The Bertz CT molecular complexity index is 346. The van der Waals surface area contributed by atoms with Crippen molar-refractivity contribution in [2.24, 2.45) is 0 Å². The van der Waals surface area contributed by atoms with Gasteiger partial charge in [0.15, 0.2) is 0 Å². The Balaban J connectivity index is 2.19. The van der Waals surface area contributed by atoms with E-state index in [4.69, 9.17) is 0 Å². The quantitative estimate of drug-likeness (QED) is 0.486. The van der Waals surface area contributed by atoms with Gasteiger partial charge in [0.1, 0.15) is 0 Å². The first-order chi connectivity index (χ1) is 7.36. The summed E-state index contributed by atoms with van der Waals surface area (Å²) in [5.41, 5.74) is 1.43. The van der Waals surface area contributed by atoms with Crippen molar-refractivity contribution >= 4 is 3.79 Å². The summed E-state index contributed by atoms with van der Waals surface area (Å²) in [6.45, 7) is 0. The summed E-state index contributed by atoms with van der Waals surface area (Å²) < 4.78 is 1.88. The molecule has 0 aromatic heterocycles. The zero-order valence-electron chi connectivity index (χ0n) is 8.84. The van der Waals surface area contributed by atoms with Crippen LogP contribution in [-0.4, -0.2) is 3.79 Å². The van der Waals surface area contributed by atoms with E-state index in [1.807, 2.05) is 0 Å². The number of carbonyl (C=O) groups excluding carboxylic acids is 1. The van der Waals surface area contributed by atoms with E-state index in [9.17, 15) is 4.79 Å². The molecule has 82 valence electrons. The summed E-state index contributed by atoms with van der Waals surface area (Å²) in [6, 6.07) is 8.52. The molecular formula is C13H16IO-. The molecule has 2 rings (SSSR count). The SMILES string of the molecule is O=C1CCCCCCc2ccccc2[I-]1. The average molecular weight is 315 g/mol. The molecule has 0 amide bonds. The Morgan fingerprint density at radius 1 is 0.933 bits per heavy atom. The molecule has 0 fully saturated rings. The Morgan fingerprint density at radius 2 is 1.67 bits per heavy atom. The summed E-state index contributed by atoms with van der Waals surface area (Å²) in [5.74, 6) is 0. The van der Waals surface area contributed by atoms with Crippen LogP contribution in [0.15, 0.2) is 24.3 Å². The fraction of sp³-hybridized carbons (Fsp3) is 0.462. The Hall–Kier alpha value is -0.380. The molecule has 0 spiro atoms. The van der Waals surface area contributed by atoms with Gasteiger partial charge >= 0.3 is 102 Å².